The molecule has 17 heavy (non-hydrogen) atoms. The lowest BCUT2D eigenvalue weighted by Crippen LogP contribution is -2.01. The second-order valence-corrected chi connectivity index (χ2v) is 5.33. The molecule has 0 radical (unpaired) electrons. The average molecular weight is 293 g/mol. The van der Waals surface area contributed by atoms with Crippen LogP contribution in [0.25, 0.3) is 5.69 Å². The van der Waals surface area contributed by atoms with Crippen LogP contribution < -0.4 is 0 Å². The predicted molar refractivity (Wildman–Crippen MR) is 74.7 cm³/mol. The summed E-state index contributed by atoms with van der Waals surface area (Å²) in [6, 6.07) is 10.2. The van der Waals surface area contributed by atoms with Gasteiger partial charge in [0.25, 0.3) is 0 Å². The minimum Gasteiger partial charge on any atom is -0.241 e. The van der Waals surface area contributed by atoms with Crippen LogP contribution >= 0.6 is 15.9 Å². The van der Waals surface area contributed by atoms with E-state index in [0.717, 1.165) is 12.1 Å². The molecule has 0 fully saturated rings. The minimum atomic E-state index is 0.380. The molecule has 0 saturated heterocycles. The SMILES string of the molecule is CCC(C)C(Br)c1cnn(-c2ccccc2)c1. The quantitative estimate of drug-likeness (QED) is 0.766. The Balaban J connectivity index is 2.22. The third-order valence-electron chi connectivity index (χ3n) is 3.09. The fourth-order valence-corrected chi connectivity index (χ4v) is 2.35. The Kier molecular flexibility index (Phi) is 4.00. The van der Waals surface area contributed by atoms with Crippen LogP contribution in [0.1, 0.15) is 30.7 Å². The van der Waals surface area contributed by atoms with Gasteiger partial charge in [-0.15, -0.1) is 0 Å². The second kappa shape index (κ2) is 5.50. The second-order valence-electron chi connectivity index (χ2n) is 4.34. The molecule has 90 valence electrons. The number of alkyl halides is 1. The number of aromatic nitrogens is 2. The normalized spacial score (nSPS) is 14.5. The van der Waals surface area contributed by atoms with Crippen LogP contribution in [0.5, 0.6) is 0 Å². The molecule has 2 unspecified atom stereocenters. The van der Waals surface area contributed by atoms with E-state index >= 15 is 0 Å². The molecule has 0 N–H and O–H groups in total. The van der Waals surface area contributed by atoms with Gasteiger partial charge in [0.2, 0.25) is 0 Å². The highest BCUT2D eigenvalue weighted by Crippen LogP contribution is 2.32. The maximum Gasteiger partial charge on any atom is 0.0645 e. The van der Waals surface area contributed by atoms with Gasteiger partial charge in [0.1, 0.15) is 0 Å². The first-order valence-electron chi connectivity index (χ1n) is 5.96. The van der Waals surface area contributed by atoms with E-state index in [4.69, 9.17) is 0 Å². The van der Waals surface area contributed by atoms with Crippen molar-refractivity contribution >= 4 is 15.9 Å². The first kappa shape index (κ1) is 12.4. The highest BCUT2D eigenvalue weighted by Gasteiger charge is 2.16. The molecule has 2 rings (SSSR count). The van der Waals surface area contributed by atoms with Crippen molar-refractivity contribution in [3.63, 3.8) is 0 Å². The number of nitrogens with zero attached hydrogens (tertiary/aromatic N) is 2. The molecule has 2 aromatic rings. The van der Waals surface area contributed by atoms with Crippen molar-refractivity contribution < 1.29 is 0 Å². The van der Waals surface area contributed by atoms with Gasteiger partial charge in [-0.1, -0.05) is 54.4 Å². The maximum absolute atomic E-state index is 4.41. The van der Waals surface area contributed by atoms with E-state index in [1.165, 1.54) is 5.56 Å². The van der Waals surface area contributed by atoms with E-state index in [1.807, 2.05) is 29.1 Å². The molecular formula is C14H17BrN2. The lowest BCUT2D eigenvalue weighted by molar-refractivity contribution is 0.555. The van der Waals surface area contributed by atoms with Crippen molar-refractivity contribution in [2.45, 2.75) is 25.1 Å². The number of rotatable bonds is 4. The fraction of sp³-hybridized carbons (Fsp3) is 0.357. The van der Waals surface area contributed by atoms with Gasteiger partial charge in [0, 0.05) is 16.6 Å². The van der Waals surface area contributed by atoms with Crippen LogP contribution in [0.2, 0.25) is 0 Å². The standard InChI is InChI=1S/C14H17BrN2/c1-3-11(2)14(15)12-9-16-17(10-12)13-7-5-4-6-8-13/h4-11,14H,3H2,1-2H3. The van der Waals surface area contributed by atoms with Gasteiger partial charge >= 0.3 is 0 Å². The first-order chi connectivity index (χ1) is 8.22. The van der Waals surface area contributed by atoms with Crippen LogP contribution in [0.3, 0.4) is 0 Å². The summed E-state index contributed by atoms with van der Waals surface area (Å²) in [5, 5.41) is 4.41. The number of hydrogen-bond acceptors (Lipinski definition) is 1. The van der Waals surface area contributed by atoms with Gasteiger partial charge in [0.05, 0.1) is 11.9 Å². The Morgan fingerprint density at radius 3 is 2.65 bits per heavy atom. The molecule has 0 saturated carbocycles. The van der Waals surface area contributed by atoms with Gasteiger partial charge in [0.15, 0.2) is 0 Å². The van der Waals surface area contributed by atoms with E-state index < -0.39 is 0 Å². The summed E-state index contributed by atoms with van der Waals surface area (Å²) in [6.45, 7) is 4.46. The van der Waals surface area contributed by atoms with Gasteiger partial charge in [-0.3, -0.25) is 0 Å². The topological polar surface area (TPSA) is 17.8 Å². The largest absolute Gasteiger partial charge is 0.241 e. The zero-order valence-corrected chi connectivity index (χ0v) is 11.8. The van der Waals surface area contributed by atoms with E-state index in [-0.39, 0.29) is 0 Å². The monoisotopic (exact) mass is 292 g/mol. The molecule has 0 amide bonds. The Bertz CT molecular complexity index is 464. The fourth-order valence-electron chi connectivity index (χ4n) is 1.74. The number of benzene rings is 1. The smallest absolute Gasteiger partial charge is 0.0645 e. The van der Waals surface area contributed by atoms with E-state index in [0.29, 0.717) is 10.7 Å². The molecule has 1 aromatic heterocycles. The van der Waals surface area contributed by atoms with Crippen LogP contribution in [0, 0.1) is 5.92 Å². The van der Waals surface area contributed by atoms with Crippen molar-refractivity contribution in [1.82, 2.24) is 9.78 Å². The van der Waals surface area contributed by atoms with Gasteiger partial charge < -0.3 is 0 Å². The number of halogens is 1. The zero-order chi connectivity index (χ0) is 12.3. The van der Waals surface area contributed by atoms with E-state index in [2.05, 4.69) is 53.2 Å². The summed E-state index contributed by atoms with van der Waals surface area (Å²) in [5.41, 5.74) is 2.34. The highest BCUT2D eigenvalue weighted by atomic mass is 79.9. The Morgan fingerprint density at radius 2 is 2.00 bits per heavy atom. The molecule has 0 bridgehead atoms. The molecule has 1 aromatic carbocycles. The molecular weight excluding hydrogens is 276 g/mol. The van der Waals surface area contributed by atoms with E-state index in [1.54, 1.807) is 0 Å². The third kappa shape index (κ3) is 2.78. The summed E-state index contributed by atoms with van der Waals surface area (Å²) >= 11 is 3.74. The summed E-state index contributed by atoms with van der Waals surface area (Å²) in [4.78, 5) is 0.380. The first-order valence-corrected chi connectivity index (χ1v) is 6.88. The highest BCUT2D eigenvalue weighted by molar-refractivity contribution is 9.09. The molecule has 0 aliphatic rings. The Hall–Kier alpha value is -1.09. The van der Waals surface area contributed by atoms with Crippen molar-refractivity contribution in [2.75, 3.05) is 0 Å². The maximum atomic E-state index is 4.41. The predicted octanol–water partition coefficient (Wildman–Crippen LogP) is 4.35. The molecule has 2 atom stereocenters. The molecule has 0 aliphatic carbocycles. The number of para-hydroxylation sites is 1. The summed E-state index contributed by atoms with van der Waals surface area (Å²) in [5.74, 6) is 0.614. The molecule has 0 aliphatic heterocycles. The van der Waals surface area contributed by atoms with Crippen molar-refractivity contribution in [2.24, 2.45) is 5.92 Å². The Labute approximate surface area is 111 Å². The van der Waals surface area contributed by atoms with Crippen LogP contribution in [0.4, 0.5) is 0 Å². The number of hydrogen-bond donors (Lipinski definition) is 0. The Morgan fingerprint density at radius 1 is 1.29 bits per heavy atom. The van der Waals surface area contributed by atoms with E-state index in [9.17, 15) is 0 Å². The molecule has 3 heteroatoms. The van der Waals surface area contributed by atoms with Gasteiger partial charge in [-0.05, 0) is 18.1 Å². The molecule has 0 spiro atoms. The van der Waals surface area contributed by atoms with Crippen molar-refractivity contribution in [3.05, 3.63) is 48.3 Å². The summed E-state index contributed by atoms with van der Waals surface area (Å²) < 4.78 is 1.92. The third-order valence-corrected chi connectivity index (χ3v) is 4.52. The van der Waals surface area contributed by atoms with Crippen molar-refractivity contribution in [3.8, 4) is 5.69 Å². The summed E-state index contributed by atoms with van der Waals surface area (Å²) in [7, 11) is 0. The molecule has 1 heterocycles. The van der Waals surface area contributed by atoms with Crippen LogP contribution in [-0.2, 0) is 0 Å². The lowest BCUT2D eigenvalue weighted by Gasteiger charge is -2.14. The van der Waals surface area contributed by atoms with Gasteiger partial charge in [-0.25, -0.2) is 4.68 Å². The lowest BCUT2D eigenvalue weighted by atomic mass is 10.0. The van der Waals surface area contributed by atoms with Gasteiger partial charge in [-0.2, -0.15) is 5.10 Å². The van der Waals surface area contributed by atoms with Crippen molar-refractivity contribution in [1.29, 1.82) is 0 Å². The van der Waals surface area contributed by atoms with Crippen LogP contribution in [0.15, 0.2) is 42.7 Å². The van der Waals surface area contributed by atoms with Crippen LogP contribution in [-0.4, -0.2) is 9.78 Å². The minimum absolute atomic E-state index is 0.380. The zero-order valence-electron chi connectivity index (χ0n) is 10.2. The molecule has 2 nitrogen and oxygen atoms in total. The summed E-state index contributed by atoms with van der Waals surface area (Å²) in [6.07, 6.45) is 5.20. The average Bonchev–Trinajstić information content (AvgIpc) is 2.87.